The summed E-state index contributed by atoms with van der Waals surface area (Å²) in [5.41, 5.74) is 3.56. The zero-order valence-corrected chi connectivity index (χ0v) is 16.7. The van der Waals surface area contributed by atoms with Crippen LogP contribution in [-0.2, 0) is 18.2 Å². The van der Waals surface area contributed by atoms with Gasteiger partial charge < -0.3 is 4.57 Å². The van der Waals surface area contributed by atoms with Gasteiger partial charge in [-0.3, -0.25) is 10.1 Å². The van der Waals surface area contributed by atoms with Gasteiger partial charge in [-0.05, 0) is 28.7 Å². The van der Waals surface area contributed by atoms with Crippen molar-refractivity contribution >= 4 is 17.4 Å². The molecule has 0 aliphatic carbocycles. The summed E-state index contributed by atoms with van der Waals surface area (Å²) in [6.45, 7) is 6.61. The molecule has 0 atom stereocenters. The number of hydrogen-bond donors (Lipinski definition) is 0. The molecule has 0 radical (unpaired) electrons. The highest BCUT2D eigenvalue weighted by Crippen LogP contribution is 2.28. The lowest BCUT2D eigenvalue weighted by Crippen LogP contribution is -2.10. The minimum Gasteiger partial charge on any atom is -0.305 e. The number of hydrogen-bond acceptors (Lipinski definition) is 5. The molecule has 0 N–H and O–H groups in total. The first kappa shape index (κ1) is 19.1. The van der Waals surface area contributed by atoms with Crippen molar-refractivity contribution in [3.05, 3.63) is 69.8 Å². The van der Waals surface area contributed by atoms with Crippen molar-refractivity contribution in [2.24, 2.45) is 7.05 Å². The zero-order valence-electron chi connectivity index (χ0n) is 15.8. The van der Waals surface area contributed by atoms with Crippen LogP contribution in [-0.4, -0.2) is 19.7 Å². The summed E-state index contributed by atoms with van der Waals surface area (Å²) < 4.78 is 1.91. The molecule has 140 valence electrons. The summed E-state index contributed by atoms with van der Waals surface area (Å²) in [6.07, 6.45) is 0. The fourth-order valence-electron chi connectivity index (χ4n) is 2.67. The molecule has 3 rings (SSSR count). The predicted molar refractivity (Wildman–Crippen MR) is 108 cm³/mol. The summed E-state index contributed by atoms with van der Waals surface area (Å²) in [4.78, 5) is 10.4. The second-order valence-electron chi connectivity index (χ2n) is 7.40. The number of nitro benzene ring substituents is 1. The van der Waals surface area contributed by atoms with Crippen LogP contribution < -0.4 is 0 Å². The van der Waals surface area contributed by atoms with E-state index in [1.165, 1.54) is 23.3 Å². The van der Waals surface area contributed by atoms with Crippen LogP contribution in [0, 0.1) is 10.1 Å². The van der Waals surface area contributed by atoms with Gasteiger partial charge in [0, 0.05) is 30.5 Å². The molecular formula is C20H22N4O2S. The van der Waals surface area contributed by atoms with Gasteiger partial charge in [0.15, 0.2) is 11.0 Å². The molecule has 7 heteroatoms. The molecule has 0 aliphatic rings. The van der Waals surface area contributed by atoms with Crippen molar-refractivity contribution in [1.29, 1.82) is 0 Å². The van der Waals surface area contributed by atoms with E-state index >= 15 is 0 Å². The van der Waals surface area contributed by atoms with Gasteiger partial charge in [0.1, 0.15) is 0 Å². The van der Waals surface area contributed by atoms with E-state index in [-0.39, 0.29) is 11.1 Å². The first-order chi connectivity index (χ1) is 12.8. The monoisotopic (exact) mass is 382 g/mol. The van der Waals surface area contributed by atoms with Crippen molar-refractivity contribution in [2.45, 2.75) is 37.1 Å². The number of benzene rings is 2. The maximum atomic E-state index is 10.8. The van der Waals surface area contributed by atoms with Crippen LogP contribution in [0.25, 0.3) is 11.4 Å². The Balaban J connectivity index is 1.71. The molecule has 2 aromatic carbocycles. The Morgan fingerprint density at radius 3 is 2.22 bits per heavy atom. The summed E-state index contributed by atoms with van der Waals surface area (Å²) in [7, 11) is 1.90. The summed E-state index contributed by atoms with van der Waals surface area (Å²) in [5.74, 6) is 1.49. The molecule has 27 heavy (non-hydrogen) atoms. The smallest absolute Gasteiger partial charge is 0.269 e. The molecule has 0 spiro atoms. The fraction of sp³-hybridized carbons (Fsp3) is 0.300. The topological polar surface area (TPSA) is 73.8 Å². The lowest BCUT2D eigenvalue weighted by atomic mass is 9.87. The van der Waals surface area contributed by atoms with Crippen molar-refractivity contribution in [2.75, 3.05) is 0 Å². The van der Waals surface area contributed by atoms with Crippen LogP contribution >= 0.6 is 11.8 Å². The second-order valence-corrected chi connectivity index (χ2v) is 8.35. The van der Waals surface area contributed by atoms with Crippen LogP contribution in [0.15, 0.2) is 53.7 Å². The molecule has 0 saturated heterocycles. The molecule has 1 heterocycles. The molecule has 1 aromatic heterocycles. The molecule has 3 aromatic rings. The number of rotatable bonds is 5. The van der Waals surface area contributed by atoms with E-state index in [0.717, 1.165) is 16.5 Å². The third-order valence-electron chi connectivity index (χ3n) is 4.36. The van der Waals surface area contributed by atoms with Gasteiger partial charge in [-0.2, -0.15) is 0 Å². The Kier molecular flexibility index (Phi) is 5.32. The van der Waals surface area contributed by atoms with Crippen molar-refractivity contribution in [3.63, 3.8) is 0 Å². The average Bonchev–Trinajstić information content (AvgIpc) is 3.00. The summed E-state index contributed by atoms with van der Waals surface area (Å²) in [6, 6.07) is 15.0. The highest BCUT2D eigenvalue weighted by Gasteiger charge is 2.15. The molecule has 0 bridgehead atoms. The maximum absolute atomic E-state index is 10.8. The Morgan fingerprint density at radius 2 is 1.67 bits per heavy atom. The van der Waals surface area contributed by atoms with E-state index < -0.39 is 4.92 Å². The standard InChI is InChI=1S/C20H22N4O2S/c1-20(2,3)16-9-5-14(6-10-16)13-27-19-22-21-18(23(19)4)15-7-11-17(12-8-15)24(25)26/h5-12H,13H2,1-4H3. The van der Waals surface area contributed by atoms with E-state index in [9.17, 15) is 10.1 Å². The van der Waals surface area contributed by atoms with Crippen molar-refractivity contribution < 1.29 is 4.92 Å². The molecule has 0 unspecified atom stereocenters. The van der Waals surface area contributed by atoms with E-state index in [0.29, 0.717) is 5.82 Å². The summed E-state index contributed by atoms with van der Waals surface area (Å²) in [5, 5.41) is 20.1. The largest absolute Gasteiger partial charge is 0.305 e. The van der Waals surface area contributed by atoms with Gasteiger partial charge >= 0.3 is 0 Å². The quantitative estimate of drug-likeness (QED) is 0.353. The number of aromatic nitrogens is 3. The molecule has 0 aliphatic heterocycles. The Bertz CT molecular complexity index is 942. The van der Waals surface area contributed by atoms with Gasteiger partial charge in [-0.1, -0.05) is 56.8 Å². The normalized spacial score (nSPS) is 11.6. The number of non-ortho nitro benzene ring substituents is 1. The Hall–Kier alpha value is -2.67. The van der Waals surface area contributed by atoms with Crippen LogP contribution in [0.5, 0.6) is 0 Å². The number of nitrogens with zero attached hydrogens (tertiary/aromatic N) is 4. The lowest BCUT2D eigenvalue weighted by Gasteiger charge is -2.19. The first-order valence-electron chi connectivity index (χ1n) is 8.62. The van der Waals surface area contributed by atoms with E-state index in [4.69, 9.17) is 0 Å². The average molecular weight is 382 g/mol. The van der Waals surface area contributed by atoms with Crippen molar-refractivity contribution in [3.8, 4) is 11.4 Å². The van der Waals surface area contributed by atoms with Crippen LogP contribution in [0.4, 0.5) is 5.69 Å². The van der Waals surface area contributed by atoms with Crippen LogP contribution in [0.1, 0.15) is 31.9 Å². The molecule has 0 amide bonds. The zero-order chi connectivity index (χ0) is 19.6. The van der Waals surface area contributed by atoms with Gasteiger partial charge in [-0.15, -0.1) is 10.2 Å². The minimum absolute atomic E-state index is 0.0641. The third kappa shape index (κ3) is 4.36. The summed E-state index contributed by atoms with van der Waals surface area (Å²) >= 11 is 1.62. The van der Waals surface area contributed by atoms with Crippen molar-refractivity contribution in [1.82, 2.24) is 14.8 Å². The maximum Gasteiger partial charge on any atom is 0.269 e. The molecule has 6 nitrogen and oxygen atoms in total. The molecular weight excluding hydrogens is 360 g/mol. The van der Waals surface area contributed by atoms with Gasteiger partial charge in [-0.25, -0.2) is 0 Å². The van der Waals surface area contributed by atoms with E-state index in [1.54, 1.807) is 23.9 Å². The highest BCUT2D eigenvalue weighted by atomic mass is 32.2. The Labute approximate surface area is 162 Å². The number of thioether (sulfide) groups is 1. The van der Waals surface area contributed by atoms with Crippen LogP contribution in [0.3, 0.4) is 0 Å². The SMILES string of the molecule is Cn1c(SCc2ccc(C(C)(C)C)cc2)nnc1-c1ccc([N+](=O)[O-])cc1. The van der Waals surface area contributed by atoms with Crippen LogP contribution in [0.2, 0.25) is 0 Å². The molecule has 0 fully saturated rings. The Morgan fingerprint density at radius 1 is 1.04 bits per heavy atom. The lowest BCUT2D eigenvalue weighted by molar-refractivity contribution is -0.384. The predicted octanol–water partition coefficient (Wildman–Crippen LogP) is 4.98. The second kappa shape index (κ2) is 7.52. The fourth-order valence-corrected chi connectivity index (χ4v) is 3.54. The minimum atomic E-state index is -0.410. The van der Waals surface area contributed by atoms with Gasteiger partial charge in [0.2, 0.25) is 0 Å². The van der Waals surface area contributed by atoms with Gasteiger partial charge in [0.25, 0.3) is 5.69 Å². The van der Waals surface area contributed by atoms with E-state index in [2.05, 4.69) is 55.2 Å². The molecule has 0 saturated carbocycles. The van der Waals surface area contributed by atoms with E-state index in [1.807, 2.05) is 11.6 Å². The highest BCUT2D eigenvalue weighted by molar-refractivity contribution is 7.98. The van der Waals surface area contributed by atoms with Gasteiger partial charge in [0.05, 0.1) is 4.92 Å². The third-order valence-corrected chi connectivity index (χ3v) is 5.45. The number of nitro groups is 1. The first-order valence-corrected chi connectivity index (χ1v) is 9.61.